The molecule has 150 valence electrons. The van der Waals surface area contributed by atoms with Gasteiger partial charge in [-0.25, -0.2) is 9.78 Å². The van der Waals surface area contributed by atoms with Crippen LogP contribution >= 0.6 is 0 Å². The first-order chi connectivity index (χ1) is 13.6. The summed E-state index contributed by atoms with van der Waals surface area (Å²) in [6.07, 6.45) is 3.78. The number of aryl methyl sites for hydroxylation is 1. The first-order valence-electron chi connectivity index (χ1n) is 9.98. The Labute approximate surface area is 163 Å². The molecule has 8 nitrogen and oxygen atoms in total. The van der Waals surface area contributed by atoms with Gasteiger partial charge in [-0.15, -0.1) is 0 Å². The average molecular weight is 385 g/mol. The number of hydrogen-bond donors (Lipinski definition) is 2. The Bertz CT molecular complexity index is 898. The molecule has 1 aromatic carbocycles. The third-order valence-corrected chi connectivity index (χ3v) is 5.61. The van der Waals surface area contributed by atoms with Crippen molar-refractivity contribution in [3.63, 3.8) is 0 Å². The number of nitrogens with one attached hydrogen (secondary N) is 2. The quantitative estimate of drug-likeness (QED) is 0.830. The summed E-state index contributed by atoms with van der Waals surface area (Å²) in [6, 6.07) is 7.61. The van der Waals surface area contributed by atoms with Gasteiger partial charge < -0.3 is 24.8 Å². The maximum absolute atomic E-state index is 12.7. The maximum Gasteiger partial charge on any atom is 0.315 e. The lowest BCUT2D eigenvalue weighted by molar-refractivity contribution is 0.111. The number of benzene rings is 1. The highest BCUT2D eigenvalue weighted by molar-refractivity contribution is 5.76. The van der Waals surface area contributed by atoms with Gasteiger partial charge in [0.25, 0.3) is 5.56 Å². The molecule has 1 aromatic heterocycles. The van der Waals surface area contributed by atoms with E-state index in [1.54, 1.807) is 11.6 Å². The van der Waals surface area contributed by atoms with Crippen molar-refractivity contribution in [2.75, 3.05) is 31.1 Å². The van der Waals surface area contributed by atoms with Crippen LogP contribution < -0.4 is 21.1 Å². The summed E-state index contributed by atoms with van der Waals surface area (Å²) in [5.41, 5.74) is 1.56. The summed E-state index contributed by atoms with van der Waals surface area (Å²) in [6.45, 7) is 2.73. The van der Waals surface area contributed by atoms with Crippen LogP contribution in [0.5, 0.6) is 0 Å². The predicted molar refractivity (Wildman–Crippen MR) is 108 cm³/mol. The zero-order valence-corrected chi connectivity index (χ0v) is 16.2. The van der Waals surface area contributed by atoms with E-state index in [0.717, 1.165) is 43.3 Å². The number of carbonyl (C=O) groups excluding carboxylic acids is 1. The molecule has 1 atom stereocenters. The summed E-state index contributed by atoms with van der Waals surface area (Å²) in [5, 5.41) is 5.93. The SMILES string of the molecule is Cn1c(=O)c(N2CCC(NC(=O)NC[C@H]3CCCO3)CC2)nc2ccccc21. The molecule has 28 heavy (non-hydrogen) atoms. The second-order valence-corrected chi connectivity index (χ2v) is 7.54. The van der Waals surface area contributed by atoms with E-state index < -0.39 is 0 Å². The maximum atomic E-state index is 12.7. The monoisotopic (exact) mass is 385 g/mol. The van der Waals surface area contributed by atoms with Gasteiger partial charge in [0.1, 0.15) is 0 Å². The fraction of sp³-hybridized carbons (Fsp3) is 0.550. The van der Waals surface area contributed by atoms with Gasteiger partial charge in [-0.3, -0.25) is 4.79 Å². The number of piperidine rings is 1. The topological polar surface area (TPSA) is 88.5 Å². The fourth-order valence-corrected chi connectivity index (χ4v) is 3.95. The summed E-state index contributed by atoms with van der Waals surface area (Å²) in [5.74, 6) is 0.488. The molecule has 8 heteroatoms. The Kier molecular flexibility index (Phi) is 5.47. The number of aromatic nitrogens is 2. The Morgan fingerprint density at radius 3 is 2.79 bits per heavy atom. The molecule has 2 aliphatic rings. The highest BCUT2D eigenvalue weighted by Crippen LogP contribution is 2.18. The van der Waals surface area contributed by atoms with Gasteiger partial charge in [0.05, 0.1) is 17.1 Å². The molecule has 2 fully saturated rings. The van der Waals surface area contributed by atoms with E-state index in [4.69, 9.17) is 4.74 Å². The van der Waals surface area contributed by atoms with Gasteiger partial charge in [0.15, 0.2) is 5.82 Å². The molecule has 0 aliphatic carbocycles. The zero-order chi connectivity index (χ0) is 19.5. The van der Waals surface area contributed by atoms with Crippen molar-refractivity contribution >= 4 is 22.9 Å². The van der Waals surface area contributed by atoms with Crippen molar-refractivity contribution in [1.29, 1.82) is 0 Å². The molecule has 0 unspecified atom stereocenters. The number of carbonyl (C=O) groups is 1. The van der Waals surface area contributed by atoms with Gasteiger partial charge in [-0.05, 0) is 37.8 Å². The molecular formula is C20H27N5O3. The second-order valence-electron chi connectivity index (χ2n) is 7.54. The van der Waals surface area contributed by atoms with Crippen LogP contribution in [0.4, 0.5) is 10.6 Å². The van der Waals surface area contributed by atoms with Crippen LogP contribution in [0.25, 0.3) is 11.0 Å². The largest absolute Gasteiger partial charge is 0.376 e. The van der Waals surface area contributed by atoms with Crippen molar-refractivity contribution in [2.24, 2.45) is 7.05 Å². The van der Waals surface area contributed by atoms with Crippen LogP contribution in [0.2, 0.25) is 0 Å². The third kappa shape index (κ3) is 3.96. The summed E-state index contributed by atoms with van der Waals surface area (Å²) < 4.78 is 7.17. The number of rotatable bonds is 4. The van der Waals surface area contributed by atoms with Crippen LogP contribution in [-0.2, 0) is 11.8 Å². The normalized spacial score (nSPS) is 20.5. The molecule has 0 spiro atoms. The molecular weight excluding hydrogens is 358 g/mol. The molecule has 2 amide bonds. The lowest BCUT2D eigenvalue weighted by Crippen LogP contribution is -2.50. The smallest absolute Gasteiger partial charge is 0.315 e. The molecule has 2 aromatic rings. The molecule has 2 aliphatic heterocycles. The van der Waals surface area contributed by atoms with E-state index >= 15 is 0 Å². The summed E-state index contributed by atoms with van der Waals surface area (Å²) >= 11 is 0. The number of anilines is 1. The van der Waals surface area contributed by atoms with Crippen LogP contribution in [0, 0.1) is 0 Å². The van der Waals surface area contributed by atoms with E-state index in [9.17, 15) is 9.59 Å². The molecule has 2 saturated heterocycles. The number of para-hydroxylation sites is 2. The molecule has 0 radical (unpaired) electrons. The van der Waals surface area contributed by atoms with Crippen molar-refractivity contribution in [3.05, 3.63) is 34.6 Å². The molecule has 0 bridgehead atoms. The lowest BCUT2D eigenvalue weighted by atomic mass is 10.1. The van der Waals surface area contributed by atoms with E-state index in [2.05, 4.69) is 15.6 Å². The van der Waals surface area contributed by atoms with Crippen LogP contribution in [-0.4, -0.2) is 54.0 Å². The molecule has 3 heterocycles. The Morgan fingerprint density at radius 1 is 1.25 bits per heavy atom. The highest BCUT2D eigenvalue weighted by atomic mass is 16.5. The van der Waals surface area contributed by atoms with E-state index in [1.807, 2.05) is 29.2 Å². The molecule has 0 saturated carbocycles. The van der Waals surface area contributed by atoms with Gasteiger partial charge in [0.2, 0.25) is 0 Å². The summed E-state index contributed by atoms with van der Waals surface area (Å²) in [4.78, 5) is 31.4. The zero-order valence-electron chi connectivity index (χ0n) is 16.2. The first-order valence-corrected chi connectivity index (χ1v) is 9.98. The average Bonchev–Trinajstić information content (AvgIpc) is 3.24. The van der Waals surface area contributed by atoms with Crippen LogP contribution in [0.3, 0.4) is 0 Å². The highest BCUT2D eigenvalue weighted by Gasteiger charge is 2.24. The number of hydrogen-bond acceptors (Lipinski definition) is 5. The van der Waals surface area contributed by atoms with E-state index in [0.29, 0.717) is 25.5 Å². The Morgan fingerprint density at radius 2 is 2.04 bits per heavy atom. The molecule has 4 rings (SSSR count). The Hall–Kier alpha value is -2.61. The summed E-state index contributed by atoms with van der Waals surface area (Å²) in [7, 11) is 1.78. The number of nitrogens with zero attached hydrogens (tertiary/aromatic N) is 3. The van der Waals surface area contributed by atoms with Gasteiger partial charge >= 0.3 is 6.03 Å². The van der Waals surface area contributed by atoms with E-state index in [1.165, 1.54) is 0 Å². The van der Waals surface area contributed by atoms with Crippen LogP contribution in [0.1, 0.15) is 25.7 Å². The lowest BCUT2D eigenvalue weighted by Gasteiger charge is -2.33. The molecule has 2 N–H and O–H groups in total. The number of fused-ring (bicyclic) bond motifs is 1. The minimum absolute atomic E-state index is 0.0839. The van der Waals surface area contributed by atoms with Gasteiger partial charge in [-0.2, -0.15) is 0 Å². The fourth-order valence-electron chi connectivity index (χ4n) is 3.95. The first kappa shape index (κ1) is 18.7. The predicted octanol–water partition coefficient (Wildman–Crippen LogP) is 1.38. The minimum atomic E-state index is -0.145. The number of amides is 2. The van der Waals surface area contributed by atoms with Crippen LogP contribution in [0.15, 0.2) is 29.1 Å². The minimum Gasteiger partial charge on any atom is -0.376 e. The van der Waals surface area contributed by atoms with Gasteiger partial charge in [0, 0.05) is 39.3 Å². The number of ether oxygens (including phenoxy) is 1. The second kappa shape index (κ2) is 8.18. The van der Waals surface area contributed by atoms with Crippen molar-refractivity contribution in [2.45, 2.75) is 37.8 Å². The Balaban J connectivity index is 1.34. The van der Waals surface area contributed by atoms with E-state index in [-0.39, 0.29) is 23.7 Å². The van der Waals surface area contributed by atoms with Crippen molar-refractivity contribution < 1.29 is 9.53 Å². The standard InChI is InChI=1S/C20H27N5O3/c1-24-17-7-3-2-6-16(17)23-18(19(24)26)25-10-8-14(9-11-25)22-20(27)21-13-15-5-4-12-28-15/h2-3,6-7,14-15H,4-5,8-13H2,1H3,(H2,21,22,27)/t15-/m1/s1. The van der Waals surface area contributed by atoms with Crippen molar-refractivity contribution in [1.82, 2.24) is 20.2 Å². The van der Waals surface area contributed by atoms with Gasteiger partial charge in [-0.1, -0.05) is 12.1 Å². The third-order valence-electron chi connectivity index (χ3n) is 5.61. The number of urea groups is 1. The van der Waals surface area contributed by atoms with Crippen molar-refractivity contribution in [3.8, 4) is 0 Å².